The molecule has 3 nitrogen and oxygen atoms in total. The summed E-state index contributed by atoms with van der Waals surface area (Å²) in [5.74, 6) is 0.679. The van der Waals surface area contributed by atoms with Gasteiger partial charge in [-0.25, -0.2) is 0 Å². The second kappa shape index (κ2) is 9.33. The molecule has 0 unspecified atom stereocenters. The van der Waals surface area contributed by atoms with Crippen LogP contribution < -0.4 is 10.1 Å². The smallest absolute Gasteiger partial charge is 0.260 e. The van der Waals surface area contributed by atoms with Gasteiger partial charge in [-0.1, -0.05) is 54.9 Å². The number of aryl methyl sites for hydroxylation is 2. The Morgan fingerprint density at radius 3 is 2.50 bits per heavy atom. The molecule has 1 N–H and O–H groups in total. The molecule has 0 aliphatic rings. The van der Waals surface area contributed by atoms with Crippen LogP contribution in [0.4, 0.5) is 0 Å². The zero-order valence-corrected chi connectivity index (χ0v) is 15.0. The highest BCUT2D eigenvalue weighted by Crippen LogP contribution is 2.20. The number of carbonyl (C=O) groups excluding carboxylic acids is 1. The van der Waals surface area contributed by atoms with Gasteiger partial charge in [0.25, 0.3) is 5.91 Å². The average molecular weight is 346 g/mol. The van der Waals surface area contributed by atoms with Gasteiger partial charge in [-0.2, -0.15) is 0 Å². The minimum Gasteiger partial charge on any atom is -0.481 e. The number of hydrogen-bond acceptors (Lipinski definition) is 2. The molecule has 2 aromatic carbocycles. The molecule has 0 bridgehead atoms. The minimum absolute atomic E-state index is 0.0972. The topological polar surface area (TPSA) is 38.3 Å². The normalized spacial score (nSPS) is 11.8. The van der Waals surface area contributed by atoms with Crippen LogP contribution in [0.25, 0.3) is 0 Å². The molecule has 0 aromatic heterocycles. The Morgan fingerprint density at radius 2 is 1.79 bits per heavy atom. The summed E-state index contributed by atoms with van der Waals surface area (Å²) >= 11 is 6.13. The average Bonchev–Trinajstić information content (AvgIpc) is 2.60. The van der Waals surface area contributed by atoms with Crippen molar-refractivity contribution >= 4 is 17.5 Å². The summed E-state index contributed by atoms with van der Waals surface area (Å²) in [6, 6.07) is 15.6. The highest BCUT2D eigenvalue weighted by atomic mass is 35.5. The van der Waals surface area contributed by atoms with Crippen LogP contribution in [-0.4, -0.2) is 18.6 Å². The van der Waals surface area contributed by atoms with Gasteiger partial charge < -0.3 is 10.1 Å². The molecule has 4 heteroatoms. The Hall–Kier alpha value is -2.00. The van der Waals surface area contributed by atoms with E-state index in [-0.39, 0.29) is 5.91 Å². The van der Waals surface area contributed by atoms with Crippen molar-refractivity contribution < 1.29 is 9.53 Å². The maximum atomic E-state index is 12.2. The van der Waals surface area contributed by atoms with Crippen molar-refractivity contribution in [3.05, 3.63) is 64.7 Å². The fraction of sp³-hybridized carbons (Fsp3) is 0.350. The van der Waals surface area contributed by atoms with Gasteiger partial charge in [0.05, 0.1) is 0 Å². The van der Waals surface area contributed by atoms with Crippen LogP contribution in [0.15, 0.2) is 48.5 Å². The largest absolute Gasteiger partial charge is 0.481 e. The number of hydrogen-bond donors (Lipinski definition) is 1. The molecule has 0 saturated carbocycles. The number of ether oxygens (including phenoxy) is 1. The van der Waals surface area contributed by atoms with E-state index in [1.54, 1.807) is 6.92 Å². The molecule has 0 aliphatic carbocycles. The minimum atomic E-state index is -0.516. The molecule has 0 radical (unpaired) electrons. The summed E-state index contributed by atoms with van der Waals surface area (Å²) in [7, 11) is 0. The quantitative estimate of drug-likeness (QED) is 0.719. The van der Waals surface area contributed by atoms with Crippen LogP contribution in [0.3, 0.4) is 0 Å². The van der Waals surface area contributed by atoms with Gasteiger partial charge >= 0.3 is 0 Å². The molecular formula is C20H24ClNO2. The van der Waals surface area contributed by atoms with Crippen molar-refractivity contribution in [1.29, 1.82) is 0 Å². The van der Waals surface area contributed by atoms with Crippen LogP contribution in [0, 0.1) is 0 Å². The lowest BCUT2D eigenvalue weighted by atomic mass is 10.1. The van der Waals surface area contributed by atoms with E-state index in [2.05, 4.69) is 12.2 Å². The second-order valence-corrected chi connectivity index (χ2v) is 6.11. The number of rotatable bonds is 8. The van der Waals surface area contributed by atoms with Crippen LogP contribution in [0.1, 0.15) is 31.4 Å². The second-order valence-electron chi connectivity index (χ2n) is 5.71. The first-order valence-electron chi connectivity index (χ1n) is 8.37. The van der Waals surface area contributed by atoms with E-state index in [4.69, 9.17) is 16.3 Å². The number of para-hydroxylation sites is 1. The monoisotopic (exact) mass is 345 g/mol. The summed E-state index contributed by atoms with van der Waals surface area (Å²) in [5.41, 5.74) is 2.21. The third-order valence-electron chi connectivity index (χ3n) is 3.91. The molecule has 24 heavy (non-hydrogen) atoms. The SMILES string of the molecule is CCc1ccccc1O[C@H](C)C(=O)NCCCc1ccccc1Cl. The zero-order valence-electron chi connectivity index (χ0n) is 14.2. The first-order chi connectivity index (χ1) is 11.6. The lowest BCUT2D eigenvalue weighted by Gasteiger charge is -2.17. The Balaban J connectivity index is 1.77. The van der Waals surface area contributed by atoms with Crippen LogP contribution in [0.5, 0.6) is 5.75 Å². The van der Waals surface area contributed by atoms with E-state index >= 15 is 0 Å². The Bertz CT molecular complexity index is 672. The van der Waals surface area contributed by atoms with E-state index in [9.17, 15) is 4.79 Å². The highest BCUT2D eigenvalue weighted by Gasteiger charge is 2.15. The molecule has 0 heterocycles. The van der Waals surface area contributed by atoms with E-state index < -0.39 is 6.10 Å². The molecule has 2 rings (SSSR count). The molecule has 0 aliphatic heterocycles. The fourth-order valence-corrected chi connectivity index (χ4v) is 2.72. The van der Waals surface area contributed by atoms with E-state index in [0.717, 1.165) is 41.2 Å². The highest BCUT2D eigenvalue weighted by molar-refractivity contribution is 6.31. The molecular weight excluding hydrogens is 322 g/mol. The van der Waals surface area contributed by atoms with Gasteiger partial charge in [0.2, 0.25) is 0 Å². The number of nitrogens with one attached hydrogen (secondary N) is 1. The number of benzene rings is 2. The maximum Gasteiger partial charge on any atom is 0.260 e. The molecule has 2 aromatic rings. The lowest BCUT2D eigenvalue weighted by molar-refractivity contribution is -0.127. The van der Waals surface area contributed by atoms with Gasteiger partial charge in [0, 0.05) is 11.6 Å². The van der Waals surface area contributed by atoms with Gasteiger partial charge in [-0.3, -0.25) is 4.79 Å². The molecule has 1 amide bonds. The maximum absolute atomic E-state index is 12.2. The third kappa shape index (κ3) is 5.27. The number of carbonyl (C=O) groups is 1. The summed E-state index contributed by atoms with van der Waals surface area (Å²) in [6.45, 7) is 4.45. The molecule has 128 valence electrons. The van der Waals surface area contributed by atoms with E-state index in [0.29, 0.717) is 6.54 Å². The van der Waals surface area contributed by atoms with Crippen LogP contribution >= 0.6 is 11.6 Å². The third-order valence-corrected chi connectivity index (χ3v) is 4.28. The van der Waals surface area contributed by atoms with Gasteiger partial charge in [0.15, 0.2) is 6.10 Å². The molecule has 1 atom stereocenters. The van der Waals surface area contributed by atoms with Crippen molar-refractivity contribution in [2.45, 2.75) is 39.2 Å². The summed E-state index contributed by atoms with van der Waals surface area (Å²) in [6.07, 6.45) is 2.04. The zero-order chi connectivity index (χ0) is 17.4. The van der Waals surface area contributed by atoms with Crippen molar-refractivity contribution in [3.63, 3.8) is 0 Å². The van der Waals surface area contributed by atoms with E-state index in [1.807, 2.05) is 48.5 Å². The first kappa shape index (κ1) is 18.3. The van der Waals surface area contributed by atoms with Gasteiger partial charge in [-0.15, -0.1) is 0 Å². The number of amides is 1. The van der Waals surface area contributed by atoms with E-state index in [1.165, 1.54) is 0 Å². The van der Waals surface area contributed by atoms with Crippen molar-refractivity contribution in [1.82, 2.24) is 5.32 Å². The predicted molar refractivity (Wildman–Crippen MR) is 98.7 cm³/mol. The summed E-state index contributed by atoms with van der Waals surface area (Å²) in [4.78, 5) is 12.2. The van der Waals surface area contributed by atoms with Crippen LogP contribution in [0.2, 0.25) is 5.02 Å². The van der Waals surface area contributed by atoms with Crippen molar-refractivity contribution in [2.75, 3.05) is 6.54 Å². The standard InChI is InChI=1S/C20H24ClNO2/c1-3-16-9-5-7-13-19(16)24-15(2)20(23)22-14-8-11-17-10-4-6-12-18(17)21/h4-7,9-10,12-13,15H,3,8,11,14H2,1-2H3,(H,22,23)/t15-/m1/s1. The van der Waals surface area contributed by atoms with Crippen LogP contribution in [-0.2, 0) is 17.6 Å². The summed E-state index contributed by atoms with van der Waals surface area (Å²) < 4.78 is 5.80. The lowest BCUT2D eigenvalue weighted by Crippen LogP contribution is -2.37. The van der Waals surface area contributed by atoms with Gasteiger partial charge in [0.1, 0.15) is 5.75 Å². The Kier molecular flexibility index (Phi) is 7.13. The molecule has 0 fully saturated rings. The van der Waals surface area contributed by atoms with Crippen molar-refractivity contribution in [2.24, 2.45) is 0 Å². The van der Waals surface area contributed by atoms with Crippen molar-refractivity contribution in [3.8, 4) is 5.75 Å². The van der Waals surface area contributed by atoms with Gasteiger partial charge in [-0.05, 0) is 49.4 Å². The number of halogens is 1. The predicted octanol–water partition coefficient (Wildman–Crippen LogP) is 4.42. The Labute approximate surface area is 149 Å². The summed E-state index contributed by atoms with van der Waals surface area (Å²) in [5, 5.41) is 3.70. The first-order valence-corrected chi connectivity index (χ1v) is 8.75. The fourth-order valence-electron chi connectivity index (χ4n) is 2.49. The molecule has 0 saturated heterocycles. The molecule has 0 spiro atoms. The Morgan fingerprint density at radius 1 is 1.12 bits per heavy atom.